The van der Waals surface area contributed by atoms with E-state index < -0.39 is 11.7 Å². The molecule has 7 nitrogen and oxygen atoms in total. The first-order valence-corrected chi connectivity index (χ1v) is 7.35. The fourth-order valence-electron chi connectivity index (χ4n) is 2.82. The Morgan fingerprint density at radius 1 is 1.36 bits per heavy atom. The number of piperidine rings is 1. The number of likely N-dealkylation sites (tertiary alicyclic amines) is 1. The first kappa shape index (κ1) is 14.5. The zero-order chi connectivity index (χ0) is 15.7. The van der Waals surface area contributed by atoms with Crippen LogP contribution < -0.4 is 0 Å². The molecule has 0 N–H and O–H groups in total. The summed E-state index contributed by atoms with van der Waals surface area (Å²) >= 11 is 0. The van der Waals surface area contributed by atoms with Crippen molar-refractivity contribution in [1.82, 2.24) is 19.6 Å². The summed E-state index contributed by atoms with van der Waals surface area (Å²) in [7, 11) is 1.75. The molecule has 116 valence electrons. The van der Waals surface area contributed by atoms with E-state index in [1.165, 1.54) is 0 Å². The summed E-state index contributed by atoms with van der Waals surface area (Å²) in [6.45, 7) is 2.26. The van der Waals surface area contributed by atoms with Crippen LogP contribution in [0.15, 0.2) is 22.9 Å². The van der Waals surface area contributed by atoms with Gasteiger partial charge < -0.3 is 14.0 Å². The van der Waals surface area contributed by atoms with Crippen LogP contribution >= 0.6 is 0 Å². The molecule has 22 heavy (non-hydrogen) atoms. The summed E-state index contributed by atoms with van der Waals surface area (Å²) < 4.78 is 6.86. The molecule has 0 spiro atoms. The number of aryl methyl sites for hydroxylation is 2. The zero-order valence-corrected chi connectivity index (χ0v) is 12.7. The van der Waals surface area contributed by atoms with Gasteiger partial charge in [0.05, 0.1) is 5.69 Å². The Morgan fingerprint density at radius 3 is 2.82 bits per heavy atom. The number of nitrogens with zero attached hydrogens (tertiary/aromatic N) is 4. The molecule has 7 heteroatoms. The van der Waals surface area contributed by atoms with Gasteiger partial charge in [0.25, 0.3) is 11.7 Å². The van der Waals surface area contributed by atoms with Gasteiger partial charge in [0.2, 0.25) is 5.89 Å². The smallest absolute Gasteiger partial charge is 0.297 e. The fourth-order valence-corrected chi connectivity index (χ4v) is 2.82. The minimum absolute atomic E-state index is 0.313. The van der Waals surface area contributed by atoms with Crippen LogP contribution in [0.25, 0.3) is 0 Å². The number of carbonyl (C=O) groups excluding carboxylic acids is 2. The highest BCUT2D eigenvalue weighted by atomic mass is 16.5. The van der Waals surface area contributed by atoms with E-state index in [0.717, 1.165) is 19.3 Å². The lowest BCUT2D eigenvalue weighted by Gasteiger charge is -2.32. The van der Waals surface area contributed by atoms with Crippen molar-refractivity contribution in [3.63, 3.8) is 0 Å². The first-order chi connectivity index (χ1) is 10.6. The van der Waals surface area contributed by atoms with E-state index in [9.17, 15) is 9.59 Å². The van der Waals surface area contributed by atoms with Gasteiger partial charge in [-0.25, -0.2) is 0 Å². The molecule has 1 amide bonds. The maximum Gasteiger partial charge on any atom is 0.297 e. The van der Waals surface area contributed by atoms with Crippen molar-refractivity contribution < 1.29 is 14.1 Å². The molecule has 0 aliphatic carbocycles. The molecule has 2 aromatic rings. The van der Waals surface area contributed by atoms with Crippen LogP contribution in [0.4, 0.5) is 0 Å². The van der Waals surface area contributed by atoms with Gasteiger partial charge in [0.15, 0.2) is 5.82 Å². The number of hydrogen-bond donors (Lipinski definition) is 0. The number of Topliss-reactive ketones (excluding diaryl/α,β-unsaturated/α-hetero) is 1. The molecule has 0 radical (unpaired) electrons. The molecule has 2 aromatic heterocycles. The van der Waals surface area contributed by atoms with Crippen molar-refractivity contribution in [3.05, 3.63) is 35.7 Å². The van der Waals surface area contributed by atoms with Crippen LogP contribution in [-0.4, -0.2) is 37.8 Å². The standard InChI is InChI=1S/C15H18N4O3/c1-10-16-14(22-17-10)12-6-3-4-9-19(12)15(21)13(20)11-7-5-8-18(11)2/h5,7-8,12H,3-4,6,9H2,1-2H3/t12-/m1/s1. The molecule has 1 fully saturated rings. The van der Waals surface area contributed by atoms with E-state index in [1.54, 1.807) is 41.8 Å². The fraction of sp³-hybridized carbons (Fsp3) is 0.467. The van der Waals surface area contributed by atoms with Crippen molar-refractivity contribution in [2.24, 2.45) is 7.05 Å². The second-order valence-electron chi connectivity index (χ2n) is 5.52. The van der Waals surface area contributed by atoms with Crippen molar-refractivity contribution in [3.8, 4) is 0 Å². The van der Waals surface area contributed by atoms with Crippen LogP contribution in [-0.2, 0) is 11.8 Å². The summed E-state index contributed by atoms with van der Waals surface area (Å²) in [5.74, 6) is -0.0787. The second kappa shape index (κ2) is 5.75. The Balaban J connectivity index is 1.86. The van der Waals surface area contributed by atoms with Gasteiger partial charge in [-0.1, -0.05) is 5.16 Å². The lowest BCUT2D eigenvalue weighted by molar-refractivity contribution is -0.130. The molecule has 1 aliphatic heterocycles. The Bertz CT molecular complexity index is 703. The Labute approximate surface area is 127 Å². The second-order valence-corrected chi connectivity index (χ2v) is 5.52. The van der Waals surface area contributed by atoms with E-state index >= 15 is 0 Å². The third kappa shape index (κ3) is 2.54. The lowest BCUT2D eigenvalue weighted by Crippen LogP contribution is -2.42. The third-order valence-electron chi connectivity index (χ3n) is 3.96. The molecule has 0 aromatic carbocycles. The average Bonchev–Trinajstić information content (AvgIpc) is 3.14. The number of rotatable bonds is 3. The van der Waals surface area contributed by atoms with E-state index in [0.29, 0.717) is 24.0 Å². The van der Waals surface area contributed by atoms with Gasteiger partial charge in [0, 0.05) is 19.8 Å². The largest absolute Gasteiger partial charge is 0.348 e. The van der Waals surface area contributed by atoms with E-state index in [2.05, 4.69) is 10.1 Å². The molecular weight excluding hydrogens is 284 g/mol. The Hall–Kier alpha value is -2.44. The normalized spacial score (nSPS) is 18.5. The molecule has 0 saturated carbocycles. The highest BCUT2D eigenvalue weighted by Gasteiger charge is 2.35. The molecular formula is C15H18N4O3. The first-order valence-electron chi connectivity index (χ1n) is 7.35. The molecule has 0 unspecified atom stereocenters. The molecule has 1 saturated heterocycles. The number of carbonyl (C=O) groups is 2. The third-order valence-corrected chi connectivity index (χ3v) is 3.96. The van der Waals surface area contributed by atoms with Gasteiger partial charge in [-0.05, 0) is 38.3 Å². The van der Waals surface area contributed by atoms with Crippen LogP contribution in [0, 0.1) is 6.92 Å². The Morgan fingerprint density at radius 2 is 2.18 bits per heavy atom. The van der Waals surface area contributed by atoms with E-state index in [4.69, 9.17) is 4.52 Å². The van der Waals surface area contributed by atoms with Crippen molar-refractivity contribution in [2.75, 3.05) is 6.54 Å². The summed E-state index contributed by atoms with van der Waals surface area (Å²) in [6.07, 6.45) is 4.31. The van der Waals surface area contributed by atoms with Crippen LogP contribution in [0.5, 0.6) is 0 Å². The average molecular weight is 302 g/mol. The predicted molar refractivity (Wildman–Crippen MR) is 77.1 cm³/mol. The highest BCUT2D eigenvalue weighted by molar-refractivity contribution is 6.42. The summed E-state index contributed by atoms with van der Waals surface area (Å²) in [5.41, 5.74) is 0.385. The number of ketones is 1. The molecule has 1 atom stereocenters. The zero-order valence-electron chi connectivity index (χ0n) is 12.7. The summed E-state index contributed by atoms with van der Waals surface area (Å²) in [5, 5.41) is 3.78. The maximum atomic E-state index is 12.6. The highest BCUT2D eigenvalue weighted by Crippen LogP contribution is 2.30. The predicted octanol–water partition coefficient (Wildman–Crippen LogP) is 1.65. The SMILES string of the molecule is Cc1noc([C@H]2CCCCN2C(=O)C(=O)c2cccn2C)n1. The number of hydrogen-bond acceptors (Lipinski definition) is 5. The van der Waals surface area contributed by atoms with Gasteiger partial charge in [-0.3, -0.25) is 9.59 Å². The van der Waals surface area contributed by atoms with E-state index in [1.807, 2.05) is 0 Å². The van der Waals surface area contributed by atoms with Crippen molar-refractivity contribution >= 4 is 11.7 Å². The van der Waals surface area contributed by atoms with E-state index in [-0.39, 0.29) is 6.04 Å². The summed E-state index contributed by atoms with van der Waals surface area (Å²) in [6, 6.07) is 3.08. The lowest BCUT2D eigenvalue weighted by atomic mass is 10.0. The minimum Gasteiger partial charge on any atom is -0.348 e. The van der Waals surface area contributed by atoms with Gasteiger partial charge in [-0.15, -0.1) is 0 Å². The summed E-state index contributed by atoms with van der Waals surface area (Å²) in [4.78, 5) is 30.8. The van der Waals surface area contributed by atoms with Crippen LogP contribution in [0.3, 0.4) is 0 Å². The van der Waals surface area contributed by atoms with Crippen LogP contribution in [0.2, 0.25) is 0 Å². The van der Waals surface area contributed by atoms with Crippen molar-refractivity contribution in [2.45, 2.75) is 32.2 Å². The van der Waals surface area contributed by atoms with Gasteiger partial charge in [-0.2, -0.15) is 4.98 Å². The molecule has 1 aliphatic rings. The topological polar surface area (TPSA) is 81.2 Å². The van der Waals surface area contributed by atoms with Crippen molar-refractivity contribution in [1.29, 1.82) is 0 Å². The quantitative estimate of drug-likeness (QED) is 0.636. The monoisotopic (exact) mass is 302 g/mol. The molecule has 3 heterocycles. The van der Waals surface area contributed by atoms with Gasteiger partial charge in [0.1, 0.15) is 6.04 Å². The minimum atomic E-state index is -0.512. The number of aromatic nitrogens is 3. The Kier molecular flexibility index (Phi) is 3.79. The molecule has 0 bridgehead atoms. The maximum absolute atomic E-state index is 12.6. The number of amides is 1. The van der Waals surface area contributed by atoms with Gasteiger partial charge >= 0.3 is 0 Å². The molecule has 3 rings (SSSR count). The van der Waals surface area contributed by atoms with Crippen LogP contribution in [0.1, 0.15) is 47.5 Å².